The van der Waals surface area contributed by atoms with E-state index in [0.29, 0.717) is 19.6 Å². The van der Waals surface area contributed by atoms with Crippen LogP contribution in [-0.4, -0.2) is 26.2 Å². The van der Waals surface area contributed by atoms with Gasteiger partial charge in [-0.05, 0) is 25.3 Å². The lowest BCUT2D eigenvalue weighted by molar-refractivity contribution is -0.121. The smallest absolute Gasteiger partial charge is 0.220 e. The van der Waals surface area contributed by atoms with Gasteiger partial charge in [0.2, 0.25) is 5.91 Å². The molecule has 0 fully saturated rings. The molecule has 0 heterocycles. The maximum Gasteiger partial charge on any atom is 0.220 e. The third-order valence-electron chi connectivity index (χ3n) is 2.20. The van der Waals surface area contributed by atoms with Crippen LogP contribution >= 0.6 is 0 Å². The van der Waals surface area contributed by atoms with E-state index in [0.717, 1.165) is 18.4 Å². The molecule has 0 aliphatic carbocycles. The number of carbonyl (C=O) groups is 1. The van der Waals surface area contributed by atoms with Crippen molar-refractivity contribution >= 4 is 5.91 Å². The second-order valence-corrected chi connectivity index (χ2v) is 3.67. The zero-order chi connectivity index (χ0) is 12.9. The van der Waals surface area contributed by atoms with Gasteiger partial charge in [-0.3, -0.25) is 4.79 Å². The van der Waals surface area contributed by atoms with Gasteiger partial charge in [0, 0.05) is 26.7 Å². The van der Waals surface area contributed by atoms with Crippen molar-refractivity contribution in [2.75, 3.05) is 20.3 Å². The largest absolute Gasteiger partial charge is 0.385 e. The van der Waals surface area contributed by atoms with Crippen LogP contribution in [-0.2, 0) is 9.53 Å². The maximum absolute atomic E-state index is 11.5. The van der Waals surface area contributed by atoms with Crippen LogP contribution < -0.4 is 5.32 Å². The summed E-state index contributed by atoms with van der Waals surface area (Å²) < 4.78 is 4.91. The molecule has 0 bridgehead atoms. The van der Waals surface area contributed by atoms with Gasteiger partial charge in [0.05, 0.1) is 0 Å². The summed E-state index contributed by atoms with van der Waals surface area (Å²) in [7, 11) is 1.66. The normalized spacial score (nSPS) is 11.8. The molecule has 17 heavy (non-hydrogen) atoms. The third-order valence-corrected chi connectivity index (χ3v) is 2.20. The molecule has 0 aromatic carbocycles. The number of amides is 1. The number of methoxy groups -OCH3 is 1. The van der Waals surface area contributed by atoms with E-state index in [-0.39, 0.29) is 5.91 Å². The van der Waals surface area contributed by atoms with Crippen LogP contribution in [0.3, 0.4) is 0 Å². The van der Waals surface area contributed by atoms with E-state index in [1.807, 2.05) is 25.2 Å². The van der Waals surface area contributed by atoms with Crippen LogP contribution in [0.5, 0.6) is 0 Å². The molecule has 0 radical (unpaired) electrons. The van der Waals surface area contributed by atoms with Crippen LogP contribution in [0.4, 0.5) is 0 Å². The summed E-state index contributed by atoms with van der Waals surface area (Å²) in [4.78, 5) is 11.5. The molecule has 0 aliphatic rings. The third kappa shape index (κ3) is 9.57. The summed E-state index contributed by atoms with van der Waals surface area (Å²) in [6.07, 6.45) is 9.74. The van der Waals surface area contributed by atoms with Gasteiger partial charge in [0.1, 0.15) is 0 Å². The molecule has 3 nitrogen and oxygen atoms in total. The summed E-state index contributed by atoms with van der Waals surface area (Å²) in [5, 5.41) is 2.86. The molecule has 0 aromatic rings. The molecule has 1 amide bonds. The zero-order valence-electron chi connectivity index (χ0n) is 10.9. The number of allylic oxidation sites excluding steroid dienone is 5. The van der Waals surface area contributed by atoms with Crippen LogP contribution in [0.1, 0.15) is 26.2 Å². The SMILES string of the molecule is C=C/C=C(\C=C/C)CCC(=O)NCCCOC. The Balaban J connectivity index is 3.81. The molecule has 3 heteroatoms. The summed E-state index contributed by atoms with van der Waals surface area (Å²) >= 11 is 0. The molecule has 0 aliphatic heterocycles. The second-order valence-electron chi connectivity index (χ2n) is 3.67. The Morgan fingerprint density at radius 1 is 1.41 bits per heavy atom. The Morgan fingerprint density at radius 3 is 2.76 bits per heavy atom. The highest BCUT2D eigenvalue weighted by Gasteiger charge is 2.01. The predicted molar refractivity (Wildman–Crippen MR) is 71.8 cm³/mol. The number of ether oxygens (including phenoxy) is 1. The monoisotopic (exact) mass is 237 g/mol. The molecule has 96 valence electrons. The van der Waals surface area contributed by atoms with Crippen LogP contribution in [0.2, 0.25) is 0 Å². The van der Waals surface area contributed by atoms with Crippen molar-refractivity contribution in [3.05, 3.63) is 36.5 Å². The van der Waals surface area contributed by atoms with Gasteiger partial charge in [-0.25, -0.2) is 0 Å². The Morgan fingerprint density at radius 2 is 2.18 bits per heavy atom. The van der Waals surface area contributed by atoms with Gasteiger partial charge in [0.25, 0.3) is 0 Å². The number of carbonyl (C=O) groups excluding carboxylic acids is 1. The van der Waals surface area contributed by atoms with Crippen LogP contribution in [0, 0.1) is 0 Å². The number of rotatable bonds is 9. The van der Waals surface area contributed by atoms with Crippen molar-refractivity contribution in [3.8, 4) is 0 Å². The highest BCUT2D eigenvalue weighted by molar-refractivity contribution is 5.76. The van der Waals surface area contributed by atoms with E-state index < -0.39 is 0 Å². The van der Waals surface area contributed by atoms with Gasteiger partial charge >= 0.3 is 0 Å². The van der Waals surface area contributed by atoms with Gasteiger partial charge in [0.15, 0.2) is 0 Å². The van der Waals surface area contributed by atoms with Crippen molar-refractivity contribution in [2.45, 2.75) is 26.2 Å². The Kier molecular flexibility index (Phi) is 10.3. The Hall–Kier alpha value is -1.35. The molecule has 0 unspecified atom stereocenters. The molecular weight excluding hydrogens is 214 g/mol. The quantitative estimate of drug-likeness (QED) is 0.494. The zero-order valence-corrected chi connectivity index (χ0v) is 10.9. The van der Waals surface area contributed by atoms with E-state index in [4.69, 9.17) is 4.74 Å². The number of hydrogen-bond acceptors (Lipinski definition) is 2. The standard InChI is InChI=1S/C14H23NO2/c1-4-7-13(8-5-2)9-10-14(16)15-11-6-12-17-3/h4-5,7-8H,1,6,9-12H2,2-3H3,(H,15,16)/b8-5-,13-7+. The van der Waals surface area contributed by atoms with Crippen LogP contribution in [0.25, 0.3) is 0 Å². The van der Waals surface area contributed by atoms with E-state index >= 15 is 0 Å². The first kappa shape index (κ1) is 15.7. The molecule has 0 spiro atoms. The lowest BCUT2D eigenvalue weighted by Gasteiger charge is -2.05. The predicted octanol–water partition coefficient (Wildman–Crippen LogP) is 2.61. The second kappa shape index (κ2) is 11.1. The van der Waals surface area contributed by atoms with Crippen molar-refractivity contribution in [3.63, 3.8) is 0 Å². The minimum Gasteiger partial charge on any atom is -0.385 e. The summed E-state index contributed by atoms with van der Waals surface area (Å²) in [5.41, 5.74) is 1.12. The van der Waals surface area contributed by atoms with E-state index in [1.165, 1.54) is 0 Å². The summed E-state index contributed by atoms with van der Waals surface area (Å²) in [6.45, 7) is 6.97. The maximum atomic E-state index is 11.5. The fourth-order valence-corrected chi connectivity index (χ4v) is 1.38. The first-order valence-corrected chi connectivity index (χ1v) is 5.94. The van der Waals surface area contributed by atoms with E-state index in [2.05, 4.69) is 11.9 Å². The Labute approximate surface area is 104 Å². The fourth-order valence-electron chi connectivity index (χ4n) is 1.38. The molecule has 0 rings (SSSR count). The number of nitrogens with one attached hydrogen (secondary N) is 1. The average Bonchev–Trinajstić information content (AvgIpc) is 2.32. The van der Waals surface area contributed by atoms with E-state index in [9.17, 15) is 4.79 Å². The molecule has 0 saturated carbocycles. The average molecular weight is 237 g/mol. The molecule has 1 N–H and O–H groups in total. The highest BCUT2D eigenvalue weighted by atomic mass is 16.5. The van der Waals surface area contributed by atoms with Crippen molar-refractivity contribution in [1.29, 1.82) is 0 Å². The van der Waals surface area contributed by atoms with Crippen molar-refractivity contribution < 1.29 is 9.53 Å². The summed E-state index contributed by atoms with van der Waals surface area (Å²) in [5.74, 6) is 0.0839. The lowest BCUT2D eigenvalue weighted by Crippen LogP contribution is -2.24. The van der Waals surface area contributed by atoms with Crippen molar-refractivity contribution in [1.82, 2.24) is 5.32 Å². The molecule has 0 atom stereocenters. The molecule has 0 saturated heterocycles. The Bertz CT molecular complexity index is 280. The number of hydrogen-bond donors (Lipinski definition) is 1. The first-order valence-electron chi connectivity index (χ1n) is 5.94. The van der Waals surface area contributed by atoms with Gasteiger partial charge < -0.3 is 10.1 Å². The van der Waals surface area contributed by atoms with Crippen molar-refractivity contribution in [2.24, 2.45) is 0 Å². The van der Waals surface area contributed by atoms with E-state index in [1.54, 1.807) is 13.2 Å². The minimum atomic E-state index is 0.0839. The topological polar surface area (TPSA) is 38.3 Å². The minimum absolute atomic E-state index is 0.0839. The first-order chi connectivity index (χ1) is 8.24. The summed E-state index contributed by atoms with van der Waals surface area (Å²) in [6, 6.07) is 0. The molecule has 0 aromatic heterocycles. The molecular formula is C14H23NO2. The van der Waals surface area contributed by atoms with Crippen LogP contribution in [0.15, 0.2) is 36.5 Å². The lowest BCUT2D eigenvalue weighted by atomic mass is 10.1. The van der Waals surface area contributed by atoms with Gasteiger partial charge in [-0.15, -0.1) is 0 Å². The highest BCUT2D eigenvalue weighted by Crippen LogP contribution is 2.07. The van der Waals surface area contributed by atoms with Gasteiger partial charge in [-0.2, -0.15) is 0 Å². The fraction of sp³-hybridized carbons (Fsp3) is 0.500. The van der Waals surface area contributed by atoms with Gasteiger partial charge in [-0.1, -0.05) is 30.9 Å².